The molecule has 4 N–H and O–H groups in total. The number of ether oxygens (including phenoxy) is 1. The highest BCUT2D eigenvalue weighted by Gasteiger charge is 2.19. The van der Waals surface area contributed by atoms with Crippen LogP contribution >= 0.6 is 0 Å². The molecule has 3 unspecified atom stereocenters. The van der Waals surface area contributed by atoms with Gasteiger partial charge in [0.1, 0.15) is 12.6 Å². The Morgan fingerprint density at radius 1 is 0.769 bits per heavy atom. The van der Waals surface area contributed by atoms with Gasteiger partial charge in [-0.15, -0.1) is 0 Å². The Bertz CT molecular complexity index is 633. The minimum atomic E-state index is -4.41. The predicted octanol–water partition coefficient (Wildman–Crippen LogP) is 4.75. The summed E-state index contributed by atoms with van der Waals surface area (Å²) in [5.41, 5.74) is 0. The van der Waals surface area contributed by atoms with Gasteiger partial charge in [0.25, 0.3) is 0 Å². The topological polar surface area (TPSA) is 150 Å². The van der Waals surface area contributed by atoms with Crippen LogP contribution in [0, 0.1) is 0 Å². The lowest BCUT2D eigenvalue weighted by atomic mass is 10.0. The van der Waals surface area contributed by atoms with Crippen molar-refractivity contribution in [1.29, 1.82) is 0 Å². The maximum absolute atomic E-state index is 12.1. The van der Waals surface area contributed by atoms with E-state index in [2.05, 4.69) is 16.4 Å². The lowest BCUT2D eigenvalue weighted by molar-refractivity contribution is -0.696. The third kappa shape index (κ3) is 35.2. The summed E-state index contributed by atoms with van der Waals surface area (Å²) in [5, 5.41) is 21.3. The number of unbranched alkanes of at least 4 members (excludes halogenated alkanes) is 14. The molecule has 0 aliphatic carbocycles. The summed E-state index contributed by atoms with van der Waals surface area (Å²) in [7, 11) is -3.60. The largest absolute Gasteiger partial charge is 0.726 e. The number of hydrogen-bond acceptors (Lipinski definition) is 8. The van der Waals surface area contributed by atoms with Gasteiger partial charge in [-0.1, -0.05) is 96.8 Å². The van der Waals surface area contributed by atoms with Crippen molar-refractivity contribution in [3.05, 3.63) is 0 Å². The van der Waals surface area contributed by atoms with Crippen LogP contribution in [0.15, 0.2) is 0 Å². The van der Waals surface area contributed by atoms with Gasteiger partial charge in [0.05, 0.1) is 25.4 Å². The molecular formula is C29H61NO8S. The van der Waals surface area contributed by atoms with E-state index < -0.39 is 22.6 Å². The highest BCUT2D eigenvalue weighted by atomic mass is 32.3. The van der Waals surface area contributed by atoms with Crippen LogP contribution in [0.4, 0.5) is 0 Å². The van der Waals surface area contributed by atoms with Crippen molar-refractivity contribution in [3.8, 4) is 0 Å². The molecule has 0 radical (unpaired) electrons. The van der Waals surface area contributed by atoms with Crippen LogP contribution < -0.4 is 5.32 Å². The molecule has 0 saturated carbocycles. The standard InChI is InChI=1S/C28H57NO4.CH4O4S/c1-5-6-7-8-9-10-11-12-13-14-15-16-17-18-19-20-28(32)33-26(4)23-29-27(21-24(2)30)22-25(3)31;1-5-6(2,3)4/h24-27,29-31H,5-23H2,1-4H3;1H3,(H,2,3,4). The van der Waals surface area contributed by atoms with Crippen LogP contribution in [0.1, 0.15) is 143 Å². The van der Waals surface area contributed by atoms with Gasteiger partial charge in [-0.05, 0) is 27.2 Å². The van der Waals surface area contributed by atoms with Gasteiger partial charge in [0.2, 0.25) is 10.4 Å². The molecule has 0 bridgehead atoms. The van der Waals surface area contributed by atoms with Crippen molar-refractivity contribution in [3.63, 3.8) is 0 Å². The highest BCUT2D eigenvalue weighted by molar-refractivity contribution is 7.80. The van der Waals surface area contributed by atoms with Crippen molar-refractivity contribution in [2.24, 2.45) is 0 Å². The Balaban J connectivity index is 0. The molecular weight excluding hydrogens is 522 g/mol. The zero-order valence-corrected chi connectivity index (χ0v) is 26.4. The average Bonchev–Trinajstić information content (AvgIpc) is 2.84. The van der Waals surface area contributed by atoms with Crippen molar-refractivity contribution < 1.29 is 42.2 Å². The van der Waals surface area contributed by atoms with Crippen LogP contribution in [0.3, 0.4) is 0 Å². The molecule has 0 aromatic rings. The molecule has 0 amide bonds. The van der Waals surface area contributed by atoms with Gasteiger partial charge in [-0.3, -0.25) is 8.98 Å². The number of esters is 1. The molecule has 0 aliphatic rings. The van der Waals surface area contributed by atoms with E-state index in [1.807, 2.05) is 6.92 Å². The summed E-state index contributed by atoms with van der Waals surface area (Å²) in [6.07, 6.45) is 20.6. The third-order valence-electron chi connectivity index (χ3n) is 6.61. The zero-order valence-electron chi connectivity index (χ0n) is 25.6. The Morgan fingerprint density at radius 2 is 1.13 bits per heavy atom. The van der Waals surface area contributed by atoms with Crippen LogP contribution in [-0.4, -0.2) is 67.2 Å². The Morgan fingerprint density at radius 3 is 1.46 bits per heavy atom. The van der Waals surface area contributed by atoms with Crippen LogP contribution in [0.5, 0.6) is 0 Å². The maximum Gasteiger partial charge on any atom is 0.306 e. The molecule has 3 atom stereocenters. The molecule has 39 heavy (non-hydrogen) atoms. The van der Waals surface area contributed by atoms with E-state index in [1.165, 1.54) is 83.5 Å². The van der Waals surface area contributed by atoms with Crippen molar-refractivity contribution >= 4 is 16.4 Å². The predicted molar refractivity (Wildman–Crippen MR) is 155 cm³/mol. The van der Waals surface area contributed by atoms with Crippen molar-refractivity contribution in [2.75, 3.05) is 13.7 Å². The summed E-state index contributed by atoms with van der Waals surface area (Å²) in [6, 6.07) is 0.140. The fourth-order valence-electron chi connectivity index (χ4n) is 4.52. The number of carbonyl (C=O) groups is 1. The molecule has 0 aromatic carbocycles. The average molecular weight is 584 g/mol. The van der Waals surface area contributed by atoms with Gasteiger partial charge in [-0.25, -0.2) is 8.42 Å². The molecule has 0 saturated heterocycles. The number of carbonyl (C=O) groups excluding carboxylic acids is 1. The summed E-state index contributed by atoms with van der Waals surface area (Å²) in [5.74, 6) is -0.104. The SMILES string of the molecule is CCCCCCCCCCCCCCCCCC(=O)OC(C)C[NH2+]C(CC(C)O)CC(C)O.COS(=O)(=O)[O-]. The summed E-state index contributed by atoms with van der Waals surface area (Å²) < 4.78 is 36.6. The van der Waals surface area contributed by atoms with Crippen molar-refractivity contribution in [2.45, 2.75) is 168 Å². The minimum Gasteiger partial charge on any atom is -0.726 e. The smallest absolute Gasteiger partial charge is 0.306 e. The first-order valence-corrected chi connectivity index (χ1v) is 16.6. The van der Waals surface area contributed by atoms with Gasteiger partial charge < -0.3 is 24.8 Å². The first-order valence-electron chi connectivity index (χ1n) is 15.3. The third-order valence-corrected chi connectivity index (χ3v) is 7.02. The molecule has 0 spiro atoms. The number of aliphatic hydroxyl groups excluding tert-OH is 2. The highest BCUT2D eigenvalue weighted by Crippen LogP contribution is 2.14. The van der Waals surface area contributed by atoms with E-state index >= 15 is 0 Å². The number of nitrogens with two attached hydrogens (primary N) is 1. The molecule has 0 fully saturated rings. The molecule has 236 valence electrons. The van der Waals surface area contributed by atoms with Crippen LogP contribution in [-0.2, 0) is 24.1 Å². The molecule has 0 rings (SSSR count). The van der Waals surface area contributed by atoms with Gasteiger partial charge in [-0.2, -0.15) is 0 Å². The summed E-state index contributed by atoms with van der Waals surface area (Å²) in [4.78, 5) is 12.1. The first kappa shape index (κ1) is 40.4. The molecule has 0 aromatic heterocycles. The second kappa shape index (κ2) is 27.4. The van der Waals surface area contributed by atoms with Crippen LogP contribution in [0.2, 0.25) is 0 Å². The fraction of sp³-hybridized carbons (Fsp3) is 0.966. The number of quaternary nitrogens is 1. The molecule has 10 heteroatoms. The number of aliphatic hydroxyl groups is 2. The van der Waals surface area contributed by atoms with Gasteiger partial charge >= 0.3 is 5.97 Å². The quantitative estimate of drug-likeness (QED) is 0.0603. The van der Waals surface area contributed by atoms with E-state index in [1.54, 1.807) is 13.8 Å². The second-order valence-electron chi connectivity index (χ2n) is 11.0. The zero-order chi connectivity index (χ0) is 29.9. The normalized spacial score (nSPS) is 14.7. The fourth-order valence-corrected chi connectivity index (χ4v) is 4.52. The Labute approximate surface area is 239 Å². The molecule has 9 nitrogen and oxygen atoms in total. The Hall–Kier alpha value is -0.780. The van der Waals surface area contributed by atoms with E-state index in [9.17, 15) is 28.0 Å². The lowest BCUT2D eigenvalue weighted by Crippen LogP contribution is -2.92. The molecule has 0 heterocycles. The molecule has 0 aliphatic heterocycles. The monoisotopic (exact) mass is 583 g/mol. The van der Waals surface area contributed by atoms with Crippen LogP contribution in [0.25, 0.3) is 0 Å². The lowest BCUT2D eigenvalue weighted by Gasteiger charge is -2.20. The van der Waals surface area contributed by atoms with E-state index in [0.717, 1.165) is 20.0 Å². The minimum absolute atomic E-state index is 0.104. The summed E-state index contributed by atoms with van der Waals surface area (Å²) >= 11 is 0. The van der Waals surface area contributed by atoms with E-state index in [4.69, 9.17) is 4.74 Å². The second-order valence-corrected chi connectivity index (χ2v) is 12.1. The van der Waals surface area contributed by atoms with E-state index in [-0.39, 0.29) is 18.1 Å². The van der Waals surface area contributed by atoms with E-state index in [0.29, 0.717) is 25.8 Å². The maximum atomic E-state index is 12.1. The Kier molecular flexibility index (Phi) is 28.3. The first-order chi connectivity index (χ1) is 18.4. The van der Waals surface area contributed by atoms with Gasteiger partial charge in [0, 0.05) is 19.3 Å². The number of rotatable bonds is 25. The van der Waals surface area contributed by atoms with Gasteiger partial charge in [0.15, 0.2) is 0 Å². The summed E-state index contributed by atoms with van der Waals surface area (Å²) in [6.45, 7) is 8.39. The van der Waals surface area contributed by atoms with Crippen molar-refractivity contribution in [1.82, 2.24) is 0 Å². The number of hydrogen-bond donors (Lipinski definition) is 3.